The lowest BCUT2D eigenvalue weighted by Gasteiger charge is -2.35. The summed E-state index contributed by atoms with van der Waals surface area (Å²) in [6.07, 6.45) is 0.833. The van der Waals surface area contributed by atoms with Crippen molar-refractivity contribution < 1.29 is 14.3 Å². The molecule has 1 aliphatic heterocycles. The first kappa shape index (κ1) is 14.7. The molecule has 1 amide bonds. The molecule has 1 aliphatic rings. The number of hydrogen-bond acceptors (Lipinski definition) is 4. The fraction of sp³-hybridized carbons (Fsp3) is 0.533. The number of rotatable bonds is 3. The van der Waals surface area contributed by atoms with E-state index in [1.54, 1.807) is 32.4 Å². The van der Waals surface area contributed by atoms with Crippen LogP contribution in [0.15, 0.2) is 18.2 Å². The molecule has 0 bridgehead atoms. The number of carbonyl (C=O) groups is 1. The van der Waals surface area contributed by atoms with Crippen LogP contribution in [0.5, 0.6) is 11.5 Å². The number of methoxy groups -OCH3 is 2. The molecule has 1 aromatic rings. The molecule has 2 N–H and O–H groups in total. The van der Waals surface area contributed by atoms with E-state index in [-0.39, 0.29) is 11.9 Å². The molecular weight excluding hydrogens is 256 g/mol. The molecule has 1 fully saturated rings. The van der Waals surface area contributed by atoms with Crippen molar-refractivity contribution in [2.24, 2.45) is 11.7 Å². The van der Waals surface area contributed by atoms with Crippen LogP contribution in [0.25, 0.3) is 0 Å². The van der Waals surface area contributed by atoms with E-state index in [1.807, 2.05) is 4.90 Å². The lowest BCUT2D eigenvalue weighted by molar-refractivity contribution is 0.0660. The third-order valence-electron chi connectivity index (χ3n) is 3.89. The van der Waals surface area contributed by atoms with Crippen LogP contribution in [0.4, 0.5) is 0 Å². The third kappa shape index (κ3) is 2.72. The van der Waals surface area contributed by atoms with E-state index in [4.69, 9.17) is 15.2 Å². The van der Waals surface area contributed by atoms with Crippen molar-refractivity contribution in [1.82, 2.24) is 4.90 Å². The zero-order valence-corrected chi connectivity index (χ0v) is 12.3. The molecule has 0 radical (unpaired) electrons. The van der Waals surface area contributed by atoms with Gasteiger partial charge in [0.05, 0.1) is 19.8 Å². The fourth-order valence-electron chi connectivity index (χ4n) is 2.57. The molecule has 2 rings (SSSR count). The van der Waals surface area contributed by atoms with Crippen molar-refractivity contribution in [2.75, 3.05) is 27.3 Å². The lowest BCUT2D eigenvalue weighted by atomic mass is 9.94. The summed E-state index contributed by atoms with van der Waals surface area (Å²) in [5.41, 5.74) is 6.53. The highest BCUT2D eigenvalue weighted by Gasteiger charge is 2.28. The highest BCUT2D eigenvalue weighted by Crippen LogP contribution is 2.32. The van der Waals surface area contributed by atoms with Crippen molar-refractivity contribution in [1.29, 1.82) is 0 Å². The molecule has 0 aromatic heterocycles. The fourth-order valence-corrected chi connectivity index (χ4v) is 2.57. The molecule has 2 unspecified atom stereocenters. The topological polar surface area (TPSA) is 64.8 Å². The molecule has 1 aromatic carbocycles. The van der Waals surface area contributed by atoms with Gasteiger partial charge >= 0.3 is 0 Å². The van der Waals surface area contributed by atoms with E-state index in [9.17, 15) is 4.79 Å². The molecule has 20 heavy (non-hydrogen) atoms. The summed E-state index contributed by atoms with van der Waals surface area (Å²) in [7, 11) is 3.11. The summed E-state index contributed by atoms with van der Waals surface area (Å²) in [4.78, 5) is 14.5. The maximum absolute atomic E-state index is 12.6. The quantitative estimate of drug-likeness (QED) is 0.910. The SMILES string of the molecule is COc1cccc(C(=O)N2CCC(N)C(C)C2)c1OC. The minimum absolute atomic E-state index is 0.0282. The zero-order chi connectivity index (χ0) is 14.7. The molecule has 0 spiro atoms. The zero-order valence-electron chi connectivity index (χ0n) is 12.3. The number of piperidine rings is 1. The number of amides is 1. The van der Waals surface area contributed by atoms with Crippen LogP contribution < -0.4 is 15.2 Å². The first-order valence-electron chi connectivity index (χ1n) is 6.84. The van der Waals surface area contributed by atoms with Crippen molar-refractivity contribution in [3.05, 3.63) is 23.8 Å². The van der Waals surface area contributed by atoms with Gasteiger partial charge in [-0.1, -0.05) is 13.0 Å². The number of nitrogens with zero attached hydrogens (tertiary/aromatic N) is 1. The van der Waals surface area contributed by atoms with E-state index >= 15 is 0 Å². The van der Waals surface area contributed by atoms with E-state index in [0.717, 1.165) is 6.42 Å². The van der Waals surface area contributed by atoms with Crippen LogP contribution >= 0.6 is 0 Å². The van der Waals surface area contributed by atoms with Crippen molar-refractivity contribution >= 4 is 5.91 Å². The first-order chi connectivity index (χ1) is 9.58. The summed E-state index contributed by atoms with van der Waals surface area (Å²) in [5, 5.41) is 0. The smallest absolute Gasteiger partial charge is 0.257 e. The average molecular weight is 278 g/mol. The number of para-hydroxylation sites is 1. The third-order valence-corrected chi connectivity index (χ3v) is 3.89. The van der Waals surface area contributed by atoms with Gasteiger partial charge in [0, 0.05) is 19.1 Å². The first-order valence-corrected chi connectivity index (χ1v) is 6.84. The highest BCUT2D eigenvalue weighted by atomic mass is 16.5. The molecule has 5 heteroatoms. The van der Waals surface area contributed by atoms with Gasteiger partial charge in [-0.25, -0.2) is 0 Å². The normalized spacial score (nSPS) is 22.5. The maximum Gasteiger partial charge on any atom is 0.257 e. The summed E-state index contributed by atoms with van der Waals surface area (Å²) in [6.45, 7) is 3.44. The average Bonchev–Trinajstić information content (AvgIpc) is 2.48. The van der Waals surface area contributed by atoms with Crippen LogP contribution in [0, 0.1) is 5.92 Å². The van der Waals surface area contributed by atoms with E-state index in [0.29, 0.717) is 36.1 Å². The van der Waals surface area contributed by atoms with Crippen LogP contribution in [-0.4, -0.2) is 44.2 Å². The van der Waals surface area contributed by atoms with Crippen LogP contribution in [0.2, 0.25) is 0 Å². The Kier molecular flexibility index (Phi) is 4.49. The lowest BCUT2D eigenvalue weighted by Crippen LogP contribution is -2.48. The summed E-state index contributed by atoms with van der Waals surface area (Å²) < 4.78 is 10.6. The van der Waals surface area contributed by atoms with Gasteiger partial charge in [-0.2, -0.15) is 0 Å². The van der Waals surface area contributed by atoms with Gasteiger partial charge in [0.1, 0.15) is 0 Å². The van der Waals surface area contributed by atoms with Crippen LogP contribution in [-0.2, 0) is 0 Å². The molecule has 5 nitrogen and oxygen atoms in total. The Morgan fingerprint density at radius 3 is 2.70 bits per heavy atom. The van der Waals surface area contributed by atoms with Crippen molar-refractivity contribution in [2.45, 2.75) is 19.4 Å². The summed E-state index contributed by atoms with van der Waals surface area (Å²) in [6, 6.07) is 5.52. The molecule has 1 saturated heterocycles. The number of benzene rings is 1. The Balaban J connectivity index is 2.25. The van der Waals surface area contributed by atoms with Gasteiger partial charge in [0.15, 0.2) is 11.5 Å². The van der Waals surface area contributed by atoms with Gasteiger partial charge in [-0.15, -0.1) is 0 Å². The molecule has 1 heterocycles. The largest absolute Gasteiger partial charge is 0.493 e. The molecule has 0 aliphatic carbocycles. The molecule has 110 valence electrons. The van der Waals surface area contributed by atoms with Crippen molar-refractivity contribution in [3.63, 3.8) is 0 Å². The second kappa shape index (κ2) is 6.13. The van der Waals surface area contributed by atoms with Gasteiger partial charge in [0.25, 0.3) is 5.91 Å². The second-order valence-electron chi connectivity index (χ2n) is 5.22. The Labute approximate surface area is 119 Å². The number of likely N-dealkylation sites (tertiary alicyclic amines) is 1. The van der Waals surface area contributed by atoms with Crippen LogP contribution in [0.1, 0.15) is 23.7 Å². The monoisotopic (exact) mass is 278 g/mol. The standard InChI is InChI=1S/C15H22N2O3/c1-10-9-17(8-7-12(10)16)15(18)11-5-4-6-13(19-2)14(11)20-3/h4-6,10,12H,7-9,16H2,1-3H3. The van der Waals surface area contributed by atoms with Crippen LogP contribution in [0.3, 0.4) is 0 Å². The van der Waals surface area contributed by atoms with Gasteiger partial charge in [-0.05, 0) is 24.5 Å². The minimum atomic E-state index is -0.0282. The summed E-state index contributed by atoms with van der Waals surface area (Å²) >= 11 is 0. The number of ether oxygens (including phenoxy) is 2. The Morgan fingerprint density at radius 2 is 2.10 bits per heavy atom. The van der Waals surface area contributed by atoms with E-state index < -0.39 is 0 Å². The number of carbonyl (C=O) groups excluding carboxylic acids is 1. The van der Waals surface area contributed by atoms with Gasteiger partial charge < -0.3 is 20.1 Å². The predicted molar refractivity (Wildman–Crippen MR) is 77.2 cm³/mol. The van der Waals surface area contributed by atoms with Gasteiger partial charge in [0.2, 0.25) is 0 Å². The Morgan fingerprint density at radius 1 is 1.35 bits per heavy atom. The molecule has 0 saturated carbocycles. The number of hydrogen-bond donors (Lipinski definition) is 1. The van der Waals surface area contributed by atoms with Crippen molar-refractivity contribution in [3.8, 4) is 11.5 Å². The summed E-state index contributed by atoms with van der Waals surface area (Å²) in [5.74, 6) is 1.34. The minimum Gasteiger partial charge on any atom is -0.493 e. The second-order valence-corrected chi connectivity index (χ2v) is 5.22. The molecule has 2 atom stereocenters. The Hall–Kier alpha value is -1.75. The van der Waals surface area contributed by atoms with E-state index in [2.05, 4.69) is 6.92 Å². The van der Waals surface area contributed by atoms with E-state index in [1.165, 1.54) is 0 Å². The number of nitrogens with two attached hydrogens (primary N) is 1. The maximum atomic E-state index is 12.6. The van der Waals surface area contributed by atoms with Gasteiger partial charge in [-0.3, -0.25) is 4.79 Å². The highest BCUT2D eigenvalue weighted by molar-refractivity contribution is 5.97. The predicted octanol–water partition coefficient (Wildman–Crippen LogP) is 1.51. The molecular formula is C15H22N2O3. The Bertz CT molecular complexity index is 490.